The lowest BCUT2D eigenvalue weighted by atomic mass is 10.3. The second-order valence-corrected chi connectivity index (χ2v) is 2.47. The minimum atomic E-state index is -0.424. The van der Waals surface area contributed by atoms with E-state index in [0.717, 1.165) is 11.5 Å². The third kappa shape index (κ3) is 1.22. The number of fused-ring (bicyclic) bond motifs is 1. The molecule has 0 spiro atoms. The van der Waals surface area contributed by atoms with Crippen molar-refractivity contribution in [3.63, 3.8) is 0 Å². The highest BCUT2D eigenvalue weighted by Crippen LogP contribution is 2.33. The number of ether oxygens (including phenoxy) is 2. The summed E-state index contributed by atoms with van der Waals surface area (Å²) in [4.78, 5) is 0. The fraction of sp³-hybridized carbons (Fsp3) is 0.250. The predicted octanol–water partition coefficient (Wildman–Crippen LogP) is 0.763. The van der Waals surface area contributed by atoms with E-state index in [-0.39, 0.29) is 6.54 Å². The molecule has 0 fully saturated rings. The van der Waals surface area contributed by atoms with Crippen LogP contribution in [0.25, 0.3) is 0 Å². The van der Waals surface area contributed by atoms with Crippen LogP contribution < -0.4 is 15.0 Å². The molecular weight excluding hydrogens is 158 g/mol. The third-order valence-electron chi connectivity index (χ3n) is 1.62. The molecule has 0 aromatic heterocycles. The normalized spacial score (nSPS) is 15.1. The number of hydrogen-bond donors (Lipinski definition) is 2. The molecule has 0 aliphatic carbocycles. The van der Waals surface area contributed by atoms with Crippen molar-refractivity contribution in [2.75, 3.05) is 6.54 Å². The van der Waals surface area contributed by atoms with E-state index >= 15 is 0 Å². The number of hydrogen-bond acceptors (Lipinski definition) is 4. The van der Waals surface area contributed by atoms with Crippen molar-refractivity contribution in [3.8, 4) is 11.5 Å². The smallest absolute Gasteiger partial charge is 0.256 e. The van der Waals surface area contributed by atoms with Gasteiger partial charge >= 0.3 is 0 Å². The first kappa shape index (κ1) is 7.39. The molecule has 0 saturated carbocycles. The third-order valence-corrected chi connectivity index (χ3v) is 1.62. The quantitative estimate of drug-likeness (QED) is 0.638. The Bertz CT molecular complexity index is 252. The number of para-hydroxylation sites is 2. The van der Waals surface area contributed by atoms with Gasteiger partial charge in [-0.2, -0.15) is 5.48 Å². The Morgan fingerprint density at radius 3 is 2.33 bits per heavy atom. The zero-order chi connectivity index (χ0) is 8.39. The Morgan fingerprint density at radius 2 is 1.83 bits per heavy atom. The van der Waals surface area contributed by atoms with Crippen LogP contribution in [0.3, 0.4) is 0 Å². The average Bonchev–Trinajstić information content (AvgIpc) is 2.47. The van der Waals surface area contributed by atoms with E-state index in [0.29, 0.717) is 0 Å². The first-order valence-electron chi connectivity index (χ1n) is 3.69. The molecule has 4 nitrogen and oxygen atoms in total. The number of nitrogens with one attached hydrogen (secondary N) is 1. The molecular formula is C8H9NO3. The lowest BCUT2D eigenvalue weighted by molar-refractivity contribution is 0.0137. The maximum Gasteiger partial charge on any atom is 0.256 e. The SMILES string of the molecule is ONCC1Oc2ccccc2O1. The highest BCUT2D eigenvalue weighted by atomic mass is 16.7. The van der Waals surface area contributed by atoms with E-state index in [9.17, 15) is 0 Å². The van der Waals surface area contributed by atoms with Gasteiger partial charge in [0.05, 0.1) is 6.54 Å². The van der Waals surface area contributed by atoms with Crippen LogP contribution in [-0.4, -0.2) is 18.0 Å². The number of rotatable bonds is 2. The lowest BCUT2D eigenvalue weighted by Crippen LogP contribution is -2.30. The monoisotopic (exact) mass is 167 g/mol. The van der Waals surface area contributed by atoms with Crippen molar-refractivity contribution >= 4 is 0 Å². The van der Waals surface area contributed by atoms with Gasteiger partial charge in [0.2, 0.25) is 0 Å². The van der Waals surface area contributed by atoms with E-state index < -0.39 is 6.29 Å². The molecule has 2 rings (SSSR count). The topological polar surface area (TPSA) is 50.7 Å². The van der Waals surface area contributed by atoms with Gasteiger partial charge < -0.3 is 14.7 Å². The number of hydroxylamine groups is 1. The molecule has 1 aliphatic heterocycles. The van der Waals surface area contributed by atoms with Crippen LogP contribution in [0.2, 0.25) is 0 Å². The maximum atomic E-state index is 8.40. The van der Waals surface area contributed by atoms with E-state index in [1.54, 1.807) is 0 Å². The van der Waals surface area contributed by atoms with Crippen LogP contribution in [0, 0.1) is 0 Å². The minimum absolute atomic E-state index is 0.259. The van der Waals surface area contributed by atoms with Crippen LogP contribution in [0.5, 0.6) is 11.5 Å². The van der Waals surface area contributed by atoms with Crippen LogP contribution in [-0.2, 0) is 0 Å². The zero-order valence-electron chi connectivity index (χ0n) is 6.36. The maximum absolute atomic E-state index is 8.40. The fourth-order valence-electron chi connectivity index (χ4n) is 1.11. The Kier molecular flexibility index (Phi) is 1.85. The van der Waals surface area contributed by atoms with Crippen molar-refractivity contribution in [1.82, 2.24) is 5.48 Å². The Balaban J connectivity index is 2.11. The van der Waals surface area contributed by atoms with Gasteiger partial charge in [-0.1, -0.05) is 12.1 Å². The Morgan fingerprint density at radius 1 is 1.25 bits per heavy atom. The average molecular weight is 167 g/mol. The summed E-state index contributed by atoms with van der Waals surface area (Å²) in [6.07, 6.45) is -0.424. The van der Waals surface area contributed by atoms with Gasteiger partial charge in [0, 0.05) is 0 Å². The molecule has 12 heavy (non-hydrogen) atoms. The molecule has 2 N–H and O–H groups in total. The summed E-state index contributed by atoms with van der Waals surface area (Å²) in [5, 5.41) is 8.40. The molecule has 0 unspecified atom stereocenters. The molecule has 4 heteroatoms. The van der Waals surface area contributed by atoms with E-state index in [2.05, 4.69) is 0 Å². The Hall–Kier alpha value is -1.26. The summed E-state index contributed by atoms with van der Waals surface area (Å²) in [6, 6.07) is 7.40. The largest absolute Gasteiger partial charge is 0.450 e. The summed E-state index contributed by atoms with van der Waals surface area (Å²) < 4.78 is 10.6. The van der Waals surface area contributed by atoms with Crippen LogP contribution in [0.15, 0.2) is 24.3 Å². The second-order valence-electron chi connectivity index (χ2n) is 2.47. The molecule has 1 aromatic carbocycles. The minimum Gasteiger partial charge on any atom is -0.450 e. The van der Waals surface area contributed by atoms with Gasteiger partial charge in [0.15, 0.2) is 11.5 Å². The molecule has 0 amide bonds. The standard InChI is InChI=1S/C8H9NO3/c10-9-5-8-11-6-3-1-2-4-7(6)12-8/h1-4,8-10H,5H2. The molecule has 0 atom stereocenters. The Labute approximate surface area is 69.7 Å². The van der Waals surface area contributed by atoms with Crippen LogP contribution >= 0.6 is 0 Å². The van der Waals surface area contributed by atoms with Gasteiger partial charge in [-0.05, 0) is 12.1 Å². The molecule has 1 aromatic rings. The van der Waals surface area contributed by atoms with Gasteiger partial charge in [-0.25, -0.2) is 0 Å². The van der Waals surface area contributed by atoms with Crippen molar-refractivity contribution in [1.29, 1.82) is 0 Å². The summed E-state index contributed by atoms with van der Waals surface area (Å²) in [7, 11) is 0. The van der Waals surface area contributed by atoms with Crippen molar-refractivity contribution in [2.24, 2.45) is 0 Å². The van der Waals surface area contributed by atoms with Gasteiger partial charge in [-0.3, -0.25) is 0 Å². The van der Waals surface area contributed by atoms with Crippen molar-refractivity contribution < 1.29 is 14.7 Å². The molecule has 64 valence electrons. The predicted molar refractivity (Wildman–Crippen MR) is 41.3 cm³/mol. The lowest BCUT2D eigenvalue weighted by Gasteiger charge is -2.07. The van der Waals surface area contributed by atoms with E-state index in [1.165, 1.54) is 0 Å². The van der Waals surface area contributed by atoms with E-state index in [4.69, 9.17) is 14.7 Å². The first-order chi connectivity index (χ1) is 5.90. The summed E-state index contributed by atoms with van der Waals surface area (Å²) in [5.41, 5.74) is 1.99. The molecule has 0 bridgehead atoms. The van der Waals surface area contributed by atoms with Gasteiger partial charge in [-0.15, -0.1) is 0 Å². The molecule has 0 radical (unpaired) electrons. The van der Waals surface area contributed by atoms with Gasteiger partial charge in [0.25, 0.3) is 6.29 Å². The van der Waals surface area contributed by atoms with Crippen LogP contribution in [0.1, 0.15) is 0 Å². The molecule has 0 saturated heterocycles. The molecule has 1 aliphatic rings. The highest BCUT2D eigenvalue weighted by molar-refractivity contribution is 5.41. The van der Waals surface area contributed by atoms with Crippen LogP contribution in [0.4, 0.5) is 0 Å². The first-order valence-corrected chi connectivity index (χ1v) is 3.69. The van der Waals surface area contributed by atoms with E-state index in [1.807, 2.05) is 29.7 Å². The van der Waals surface area contributed by atoms with Gasteiger partial charge in [0.1, 0.15) is 0 Å². The summed E-state index contributed by atoms with van der Waals surface area (Å²) >= 11 is 0. The zero-order valence-corrected chi connectivity index (χ0v) is 6.36. The number of benzene rings is 1. The van der Waals surface area contributed by atoms with Crippen molar-refractivity contribution in [3.05, 3.63) is 24.3 Å². The fourth-order valence-corrected chi connectivity index (χ4v) is 1.11. The second kappa shape index (κ2) is 3.00. The molecule has 1 heterocycles. The highest BCUT2D eigenvalue weighted by Gasteiger charge is 2.22. The van der Waals surface area contributed by atoms with Crippen molar-refractivity contribution in [2.45, 2.75) is 6.29 Å². The summed E-state index contributed by atoms with van der Waals surface area (Å²) in [5.74, 6) is 1.44. The summed E-state index contributed by atoms with van der Waals surface area (Å²) in [6.45, 7) is 0.259.